The maximum Gasteiger partial charge on any atom is 0.146 e. The zero-order chi connectivity index (χ0) is 11.1. The minimum Gasteiger partial charge on any atom is -0.393 e. The van der Waals surface area contributed by atoms with Crippen molar-refractivity contribution >= 4 is 5.69 Å². The average Bonchev–Trinajstić information content (AvgIpc) is 2.30. The Morgan fingerprint density at radius 3 is 2.69 bits per heavy atom. The number of aliphatic hydroxyl groups is 1. The van der Waals surface area contributed by atoms with E-state index in [1.807, 2.05) is 12.1 Å². The zero-order valence-electron chi connectivity index (χ0n) is 9.14. The summed E-state index contributed by atoms with van der Waals surface area (Å²) in [5, 5.41) is 9.81. The van der Waals surface area contributed by atoms with E-state index in [1.165, 1.54) is 6.07 Å². The Hall–Kier alpha value is -1.09. The number of hydrogen-bond donors (Lipinski definition) is 1. The highest BCUT2D eigenvalue weighted by atomic mass is 19.1. The molecule has 1 saturated carbocycles. The molecule has 0 aromatic heterocycles. The van der Waals surface area contributed by atoms with Gasteiger partial charge in [-0.2, -0.15) is 0 Å². The summed E-state index contributed by atoms with van der Waals surface area (Å²) in [6.45, 7) is 0.798. The van der Waals surface area contributed by atoms with E-state index in [-0.39, 0.29) is 11.9 Å². The van der Waals surface area contributed by atoms with Crippen molar-refractivity contribution in [2.45, 2.75) is 31.4 Å². The Bertz CT molecular complexity index is 395. The molecule has 4 rings (SSSR count). The predicted octanol–water partition coefficient (Wildman–Crippen LogP) is 2.18. The molecule has 1 aromatic rings. The summed E-state index contributed by atoms with van der Waals surface area (Å²) in [7, 11) is 0. The van der Waals surface area contributed by atoms with Crippen LogP contribution in [0.2, 0.25) is 0 Å². The van der Waals surface area contributed by atoms with Crippen molar-refractivity contribution < 1.29 is 9.50 Å². The molecule has 0 spiro atoms. The molecule has 2 aliphatic heterocycles. The summed E-state index contributed by atoms with van der Waals surface area (Å²) in [4.78, 5) is 2.14. The maximum atomic E-state index is 13.7. The van der Waals surface area contributed by atoms with Gasteiger partial charge in [0.15, 0.2) is 0 Å². The molecule has 1 aromatic carbocycles. The fraction of sp³-hybridized carbons (Fsp3) is 0.538. The van der Waals surface area contributed by atoms with Crippen molar-refractivity contribution in [2.24, 2.45) is 5.92 Å². The first kappa shape index (κ1) is 10.1. The number of aliphatic hydroxyl groups excluding tert-OH is 1. The number of hydrogen-bond acceptors (Lipinski definition) is 2. The SMILES string of the molecule is OC1CC2CCC1CN2c1ccccc1F. The Balaban J connectivity index is 1.90. The number of para-hydroxylation sites is 1. The lowest BCUT2D eigenvalue weighted by atomic mass is 9.77. The van der Waals surface area contributed by atoms with Crippen LogP contribution in [-0.4, -0.2) is 23.8 Å². The third kappa shape index (κ3) is 1.50. The molecule has 86 valence electrons. The van der Waals surface area contributed by atoms with Crippen LogP contribution in [0.25, 0.3) is 0 Å². The second kappa shape index (κ2) is 3.74. The standard InChI is InChI=1S/C13H16FNO/c14-11-3-1-2-4-12(11)15-8-9-5-6-10(15)7-13(9)16/h1-4,9-10,13,16H,5-8H2. The van der Waals surface area contributed by atoms with Crippen LogP contribution in [0.1, 0.15) is 19.3 Å². The molecule has 2 bridgehead atoms. The molecule has 0 radical (unpaired) electrons. The van der Waals surface area contributed by atoms with E-state index in [1.54, 1.807) is 6.07 Å². The van der Waals surface area contributed by atoms with Gasteiger partial charge in [0.25, 0.3) is 0 Å². The number of piperidine rings is 2. The number of anilines is 1. The lowest BCUT2D eigenvalue weighted by molar-refractivity contribution is 0.0370. The van der Waals surface area contributed by atoms with Crippen LogP contribution in [-0.2, 0) is 0 Å². The van der Waals surface area contributed by atoms with E-state index in [0.29, 0.717) is 17.6 Å². The average molecular weight is 221 g/mol. The van der Waals surface area contributed by atoms with Crippen molar-refractivity contribution in [3.05, 3.63) is 30.1 Å². The molecular weight excluding hydrogens is 205 g/mol. The number of halogens is 1. The van der Waals surface area contributed by atoms with Crippen molar-refractivity contribution in [1.29, 1.82) is 0 Å². The van der Waals surface area contributed by atoms with Gasteiger partial charge in [0, 0.05) is 18.5 Å². The van der Waals surface area contributed by atoms with Crippen molar-refractivity contribution in [2.75, 3.05) is 11.4 Å². The van der Waals surface area contributed by atoms with Gasteiger partial charge < -0.3 is 10.0 Å². The van der Waals surface area contributed by atoms with Crippen molar-refractivity contribution in [3.8, 4) is 0 Å². The predicted molar refractivity (Wildman–Crippen MR) is 60.9 cm³/mol. The molecular formula is C13H16FNO. The Kier molecular flexibility index (Phi) is 2.36. The van der Waals surface area contributed by atoms with Crippen molar-refractivity contribution in [1.82, 2.24) is 0 Å². The monoisotopic (exact) mass is 221 g/mol. The molecule has 0 amide bonds. The largest absolute Gasteiger partial charge is 0.393 e. The van der Waals surface area contributed by atoms with Crippen LogP contribution < -0.4 is 4.90 Å². The van der Waals surface area contributed by atoms with E-state index in [4.69, 9.17) is 0 Å². The summed E-state index contributed by atoms with van der Waals surface area (Å²) < 4.78 is 13.7. The van der Waals surface area contributed by atoms with Gasteiger partial charge in [0.05, 0.1) is 11.8 Å². The summed E-state index contributed by atoms with van der Waals surface area (Å²) in [5.74, 6) is 0.175. The second-order valence-electron chi connectivity index (χ2n) is 4.90. The van der Waals surface area contributed by atoms with Crippen LogP contribution in [0.3, 0.4) is 0 Å². The summed E-state index contributed by atoms with van der Waals surface area (Å²) in [5.41, 5.74) is 0.698. The van der Waals surface area contributed by atoms with E-state index in [0.717, 1.165) is 25.8 Å². The summed E-state index contributed by atoms with van der Waals surface area (Å²) in [6, 6.07) is 7.25. The highest BCUT2D eigenvalue weighted by molar-refractivity contribution is 5.49. The highest BCUT2D eigenvalue weighted by Crippen LogP contribution is 2.38. The van der Waals surface area contributed by atoms with E-state index < -0.39 is 0 Å². The van der Waals surface area contributed by atoms with Gasteiger partial charge in [-0.1, -0.05) is 12.1 Å². The second-order valence-corrected chi connectivity index (χ2v) is 4.90. The zero-order valence-corrected chi connectivity index (χ0v) is 9.14. The molecule has 1 aliphatic carbocycles. The van der Waals surface area contributed by atoms with Crippen molar-refractivity contribution in [3.63, 3.8) is 0 Å². The number of rotatable bonds is 1. The molecule has 3 aliphatic rings. The minimum atomic E-state index is -0.179. The first-order chi connectivity index (χ1) is 7.75. The molecule has 2 saturated heterocycles. The molecule has 3 heteroatoms. The molecule has 1 N–H and O–H groups in total. The normalized spacial score (nSPS) is 33.1. The number of nitrogens with zero attached hydrogens (tertiary/aromatic N) is 1. The molecule has 2 heterocycles. The maximum absolute atomic E-state index is 13.7. The molecule has 16 heavy (non-hydrogen) atoms. The first-order valence-electron chi connectivity index (χ1n) is 5.95. The van der Waals surface area contributed by atoms with Gasteiger partial charge in [0.1, 0.15) is 5.82 Å². The summed E-state index contributed by atoms with van der Waals surface area (Å²) in [6.07, 6.45) is 2.77. The molecule has 3 fully saturated rings. The lowest BCUT2D eigenvalue weighted by Gasteiger charge is -2.49. The van der Waals surface area contributed by atoms with E-state index in [9.17, 15) is 9.50 Å². The van der Waals surface area contributed by atoms with Gasteiger partial charge in [-0.25, -0.2) is 4.39 Å². The Labute approximate surface area is 94.7 Å². The topological polar surface area (TPSA) is 23.5 Å². The fourth-order valence-electron chi connectivity index (χ4n) is 3.07. The Morgan fingerprint density at radius 1 is 1.25 bits per heavy atom. The Morgan fingerprint density at radius 2 is 2.06 bits per heavy atom. The van der Waals surface area contributed by atoms with Crippen LogP contribution in [0.4, 0.5) is 10.1 Å². The highest BCUT2D eigenvalue weighted by Gasteiger charge is 2.40. The summed E-state index contributed by atoms with van der Waals surface area (Å²) >= 11 is 0. The van der Waals surface area contributed by atoms with Crippen LogP contribution >= 0.6 is 0 Å². The number of fused-ring (bicyclic) bond motifs is 3. The van der Waals surface area contributed by atoms with E-state index in [2.05, 4.69) is 4.90 Å². The number of benzene rings is 1. The minimum absolute atomic E-state index is 0.149. The van der Waals surface area contributed by atoms with Crippen LogP contribution in [0, 0.1) is 11.7 Å². The van der Waals surface area contributed by atoms with Gasteiger partial charge in [0.2, 0.25) is 0 Å². The first-order valence-corrected chi connectivity index (χ1v) is 5.95. The van der Waals surface area contributed by atoms with Crippen LogP contribution in [0.15, 0.2) is 24.3 Å². The van der Waals surface area contributed by atoms with Gasteiger partial charge in [-0.05, 0) is 31.4 Å². The van der Waals surface area contributed by atoms with Crippen LogP contribution in [0.5, 0.6) is 0 Å². The lowest BCUT2D eigenvalue weighted by Crippen LogP contribution is -2.54. The molecule has 2 nitrogen and oxygen atoms in total. The molecule has 3 atom stereocenters. The smallest absolute Gasteiger partial charge is 0.146 e. The third-order valence-corrected chi connectivity index (χ3v) is 3.96. The van der Waals surface area contributed by atoms with E-state index >= 15 is 0 Å². The third-order valence-electron chi connectivity index (χ3n) is 3.96. The molecule has 3 unspecified atom stereocenters. The van der Waals surface area contributed by atoms with Gasteiger partial charge in [-0.15, -0.1) is 0 Å². The quantitative estimate of drug-likeness (QED) is 0.785. The van der Waals surface area contributed by atoms with Gasteiger partial charge >= 0.3 is 0 Å². The fourth-order valence-corrected chi connectivity index (χ4v) is 3.07. The van der Waals surface area contributed by atoms with Gasteiger partial charge in [-0.3, -0.25) is 0 Å².